The summed E-state index contributed by atoms with van der Waals surface area (Å²) in [6.45, 7) is 1.86. The molecule has 0 aliphatic carbocycles. The lowest BCUT2D eigenvalue weighted by Crippen LogP contribution is -2.06. The highest BCUT2D eigenvalue weighted by atomic mass is 16.5. The zero-order valence-electron chi connectivity index (χ0n) is 7.08. The summed E-state index contributed by atoms with van der Waals surface area (Å²) in [4.78, 5) is 9.93. The van der Waals surface area contributed by atoms with Crippen molar-refractivity contribution in [1.29, 1.82) is 0 Å². The molecule has 0 heterocycles. The predicted octanol–water partition coefficient (Wildman–Crippen LogP) is 1.84. The standard InChI is InChI=1S/C8H9N3O2/c1-7-4-2-3-5-8(7)9-10-11(13)6-12/h2-6,13H,1H3/b10-9-. The molecule has 0 radical (unpaired) electrons. The number of benzene rings is 1. The molecule has 0 unspecified atom stereocenters. The highest BCUT2D eigenvalue weighted by Gasteiger charge is 1.94. The summed E-state index contributed by atoms with van der Waals surface area (Å²) in [7, 11) is 0. The average molecular weight is 179 g/mol. The molecule has 5 nitrogen and oxygen atoms in total. The van der Waals surface area contributed by atoms with Crippen molar-refractivity contribution in [2.45, 2.75) is 6.92 Å². The molecule has 1 aromatic rings. The van der Waals surface area contributed by atoms with E-state index in [9.17, 15) is 4.79 Å². The van der Waals surface area contributed by atoms with E-state index in [1.165, 1.54) is 0 Å². The fourth-order valence-corrected chi connectivity index (χ4v) is 0.791. The Labute approximate surface area is 75.2 Å². The van der Waals surface area contributed by atoms with Crippen LogP contribution < -0.4 is 0 Å². The summed E-state index contributed by atoms with van der Waals surface area (Å²) in [6.07, 6.45) is 0.155. The molecule has 0 saturated heterocycles. The Morgan fingerprint density at radius 3 is 2.77 bits per heavy atom. The van der Waals surface area contributed by atoms with Gasteiger partial charge in [0, 0.05) is 0 Å². The topological polar surface area (TPSA) is 65.3 Å². The molecule has 0 spiro atoms. The average Bonchev–Trinajstić information content (AvgIpc) is 2.16. The van der Waals surface area contributed by atoms with E-state index >= 15 is 0 Å². The molecule has 0 atom stereocenters. The first-order valence-electron chi connectivity index (χ1n) is 3.64. The number of rotatable bonds is 3. The minimum Gasteiger partial charge on any atom is -0.274 e. The zero-order chi connectivity index (χ0) is 9.68. The predicted molar refractivity (Wildman–Crippen MR) is 45.4 cm³/mol. The molecule has 1 amide bonds. The lowest BCUT2D eigenvalue weighted by Gasteiger charge is -1.98. The van der Waals surface area contributed by atoms with Crippen LogP contribution >= 0.6 is 0 Å². The first kappa shape index (κ1) is 9.34. The Bertz CT molecular complexity index is 325. The first-order valence-corrected chi connectivity index (χ1v) is 3.64. The van der Waals surface area contributed by atoms with Crippen molar-refractivity contribution in [2.24, 2.45) is 10.3 Å². The van der Waals surface area contributed by atoms with Gasteiger partial charge in [0.05, 0.1) is 5.69 Å². The number of carbonyl (C=O) groups is 1. The van der Waals surface area contributed by atoms with E-state index in [1.54, 1.807) is 12.1 Å². The largest absolute Gasteiger partial charge is 0.274 e. The molecule has 0 fully saturated rings. The van der Waals surface area contributed by atoms with Crippen molar-refractivity contribution < 1.29 is 10.0 Å². The molecule has 0 saturated carbocycles. The van der Waals surface area contributed by atoms with Crippen LogP contribution in [0.5, 0.6) is 0 Å². The first-order chi connectivity index (χ1) is 6.24. The lowest BCUT2D eigenvalue weighted by molar-refractivity contribution is -0.151. The van der Waals surface area contributed by atoms with Crippen LogP contribution in [0.2, 0.25) is 0 Å². The van der Waals surface area contributed by atoms with Gasteiger partial charge < -0.3 is 0 Å². The quantitative estimate of drug-likeness (QED) is 0.333. The van der Waals surface area contributed by atoms with Gasteiger partial charge in [-0.2, -0.15) is 0 Å². The van der Waals surface area contributed by atoms with Gasteiger partial charge in [-0.05, 0) is 23.8 Å². The van der Waals surface area contributed by atoms with Gasteiger partial charge in [-0.3, -0.25) is 10.0 Å². The Morgan fingerprint density at radius 1 is 1.46 bits per heavy atom. The van der Waals surface area contributed by atoms with E-state index in [0.717, 1.165) is 5.56 Å². The SMILES string of the molecule is Cc1ccccc1/N=N\N(O)C=O. The lowest BCUT2D eigenvalue weighted by atomic mass is 10.2. The van der Waals surface area contributed by atoms with Crippen molar-refractivity contribution in [3.63, 3.8) is 0 Å². The van der Waals surface area contributed by atoms with Crippen LogP contribution in [0.25, 0.3) is 0 Å². The van der Waals surface area contributed by atoms with Gasteiger partial charge in [0.1, 0.15) is 0 Å². The molecular weight excluding hydrogens is 170 g/mol. The van der Waals surface area contributed by atoms with Crippen LogP contribution in [0, 0.1) is 6.92 Å². The van der Waals surface area contributed by atoms with E-state index in [1.807, 2.05) is 19.1 Å². The Morgan fingerprint density at radius 2 is 2.15 bits per heavy atom. The fourth-order valence-electron chi connectivity index (χ4n) is 0.791. The normalized spacial score (nSPS) is 10.3. The molecule has 1 aromatic carbocycles. The van der Waals surface area contributed by atoms with Crippen LogP contribution in [-0.2, 0) is 4.79 Å². The van der Waals surface area contributed by atoms with Crippen LogP contribution in [0.3, 0.4) is 0 Å². The number of amides is 1. The minimum absolute atomic E-state index is 0.117. The van der Waals surface area contributed by atoms with Gasteiger partial charge in [0.2, 0.25) is 0 Å². The van der Waals surface area contributed by atoms with Gasteiger partial charge in [-0.15, -0.1) is 5.11 Å². The van der Waals surface area contributed by atoms with Crippen LogP contribution in [0.4, 0.5) is 5.69 Å². The molecule has 1 N–H and O–H groups in total. The second-order valence-corrected chi connectivity index (χ2v) is 2.40. The molecule has 0 aromatic heterocycles. The minimum atomic E-state index is 0.117. The number of hydrogen-bond donors (Lipinski definition) is 1. The van der Waals surface area contributed by atoms with Gasteiger partial charge >= 0.3 is 0 Å². The molecule has 5 heteroatoms. The maximum Gasteiger partial charge on any atom is 0.258 e. The monoisotopic (exact) mass is 179 g/mol. The summed E-state index contributed by atoms with van der Waals surface area (Å²) < 4.78 is 0. The van der Waals surface area contributed by atoms with E-state index in [0.29, 0.717) is 5.69 Å². The van der Waals surface area contributed by atoms with Crippen molar-refractivity contribution in [3.8, 4) is 0 Å². The van der Waals surface area contributed by atoms with E-state index in [-0.39, 0.29) is 11.6 Å². The van der Waals surface area contributed by atoms with Gasteiger partial charge in [0.25, 0.3) is 6.41 Å². The van der Waals surface area contributed by atoms with Crippen LogP contribution in [0.15, 0.2) is 34.6 Å². The second-order valence-electron chi connectivity index (χ2n) is 2.40. The van der Waals surface area contributed by atoms with Crippen molar-refractivity contribution in [1.82, 2.24) is 5.17 Å². The molecule has 1 rings (SSSR count). The Balaban J connectivity index is 2.79. The van der Waals surface area contributed by atoms with Crippen molar-refractivity contribution >= 4 is 12.1 Å². The van der Waals surface area contributed by atoms with E-state index < -0.39 is 0 Å². The zero-order valence-corrected chi connectivity index (χ0v) is 7.08. The third-order valence-electron chi connectivity index (χ3n) is 1.45. The summed E-state index contributed by atoms with van der Waals surface area (Å²) in [5.74, 6) is 0. The molecule has 68 valence electrons. The van der Waals surface area contributed by atoms with Crippen molar-refractivity contribution in [2.75, 3.05) is 0 Å². The smallest absolute Gasteiger partial charge is 0.258 e. The number of hydrogen-bond acceptors (Lipinski definition) is 4. The highest BCUT2D eigenvalue weighted by molar-refractivity contribution is 5.45. The van der Waals surface area contributed by atoms with Crippen LogP contribution in [0.1, 0.15) is 5.56 Å². The maximum absolute atomic E-state index is 9.93. The number of nitrogens with zero attached hydrogens (tertiary/aromatic N) is 3. The van der Waals surface area contributed by atoms with Gasteiger partial charge in [-0.1, -0.05) is 23.4 Å². The summed E-state index contributed by atoms with van der Waals surface area (Å²) in [5.41, 5.74) is 1.54. The molecular formula is C8H9N3O2. The molecule has 0 aliphatic heterocycles. The molecule has 0 aliphatic rings. The van der Waals surface area contributed by atoms with Gasteiger partial charge in [0.15, 0.2) is 0 Å². The van der Waals surface area contributed by atoms with Gasteiger partial charge in [-0.25, -0.2) is 0 Å². The number of carbonyl (C=O) groups excluding carboxylic acids is 1. The third kappa shape index (κ3) is 2.64. The Kier molecular flexibility index (Phi) is 3.10. The van der Waals surface area contributed by atoms with Crippen LogP contribution in [-0.4, -0.2) is 16.8 Å². The summed E-state index contributed by atoms with van der Waals surface area (Å²) >= 11 is 0. The summed E-state index contributed by atoms with van der Waals surface area (Å²) in [6, 6.07) is 7.25. The molecule has 0 bridgehead atoms. The fraction of sp³-hybridized carbons (Fsp3) is 0.125. The van der Waals surface area contributed by atoms with E-state index in [2.05, 4.69) is 10.3 Å². The summed E-state index contributed by atoms with van der Waals surface area (Å²) in [5, 5.41) is 15.6. The number of aryl methyl sites for hydroxylation is 1. The Hall–Kier alpha value is -1.75. The number of hydroxylamine groups is 1. The molecule has 13 heavy (non-hydrogen) atoms. The maximum atomic E-state index is 9.93. The van der Waals surface area contributed by atoms with Crippen molar-refractivity contribution in [3.05, 3.63) is 29.8 Å². The third-order valence-corrected chi connectivity index (χ3v) is 1.45. The van der Waals surface area contributed by atoms with E-state index in [4.69, 9.17) is 5.21 Å². The highest BCUT2D eigenvalue weighted by Crippen LogP contribution is 2.17. The second kappa shape index (κ2) is 4.32.